The Morgan fingerprint density at radius 1 is 0.780 bits per heavy atom. The molecule has 0 aliphatic carbocycles. The number of hydrogen-bond acceptors (Lipinski definition) is 7. The first-order chi connectivity index (χ1) is 23.8. The Balaban J connectivity index is 1.32. The number of carbonyl (C=O) groups excluding carboxylic acids is 5. The molecule has 262 valence electrons. The monoisotopic (exact) mass is 720 g/mol. The van der Waals surface area contributed by atoms with Crippen molar-refractivity contribution in [2.24, 2.45) is 37.6 Å². The molecule has 0 spiro atoms. The van der Waals surface area contributed by atoms with E-state index in [0.717, 1.165) is 16.2 Å². The lowest BCUT2D eigenvalue weighted by Gasteiger charge is -2.04. The Hall–Kier alpha value is -5.74. The third-order valence-corrected chi connectivity index (χ3v) is 8.48. The molecule has 3 heterocycles. The van der Waals surface area contributed by atoms with Gasteiger partial charge in [-0.15, -0.1) is 23.4 Å². The van der Waals surface area contributed by atoms with E-state index in [1.807, 2.05) is 24.3 Å². The van der Waals surface area contributed by atoms with Gasteiger partial charge in [-0.3, -0.25) is 29.0 Å². The molecule has 0 unspecified atom stereocenters. The molecule has 0 saturated carbocycles. The number of hydrogen-bond donors (Lipinski definition) is 6. The molecule has 0 aliphatic rings. The fourth-order valence-electron chi connectivity index (χ4n) is 4.68. The topological polar surface area (TPSA) is 213 Å². The molecule has 0 saturated heterocycles. The summed E-state index contributed by atoms with van der Waals surface area (Å²) >= 11 is 7.34. The summed E-state index contributed by atoms with van der Waals surface area (Å²) in [6, 6.07) is 12.0. The first-order valence-electron chi connectivity index (χ1n) is 15.1. The number of aliphatic imine (C=N–C) groups is 1. The molecule has 4 rings (SSSR count). The zero-order valence-electron chi connectivity index (χ0n) is 27.5. The van der Waals surface area contributed by atoms with Gasteiger partial charge in [-0.05, 0) is 42.0 Å². The zero-order chi connectivity index (χ0) is 36.4. The molecular weight excluding hydrogens is 684 g/mol. The maximum atomic E-state index is 13.1. The van der Waals surface area contributed by atoms with Crippen LogP contribution in [0.15, 0.2) is 77.0 Å². The van der Waals surface area contributed by atoms with Crippen LogP contribution in [-0.4, -0.2) is 73.8 Å². The number of ketones is 1. The van der Waals surface area contributed by atoms with Crippen LogP contribution in [0.25, 0.3) is 6.08 Å². The third kappa shape index (κ3) is 10.1. The fraction of sp³-hybridized carbons (Fsp3) is 0.212. The van der Waals surface area contributed by atoms with Crippen LogP contribution in [0.4, 0.5) is 17.1 Å². The van der Waals surface area contributed by atoms with Crippen LogP contribution in [0.2, 0.25) is 0 Å². The molecule has 0 atom stereocenters. The molecule has 1 aromatic carbocycles. The second-order valence-electron chi connectivity index (χ2n) is 10.9. The standard InChI is InChI=1S/C33H37ClN10O5S/c1-42-17-21(14-25(42)29(46)37-11-12-38-33(35)36)39-30(47)26-15-22(18-43(26)2)40-31(48)27-16-23(19-44(27)3)41-32(49)28(45)9-6-20-4-7-24(8-5-20)50-13-10-34/h4-9,14-19H,10-13H2,1-3H3,(H,37,46)(H,39,47)(H,40,48)(H,41,49)(H4,35,36,38)/b9-6+. The highest BCUT2D eigenvalue weighted by Crippen LogP contribution is 2.21. The van der Waals surface area contributed by atoms with Gasteiger partial charge in [0.1, 0.15) is 17.1 Å². The molecule has 0 radical (unpaired) electrons. The van der Waals surface area contributed by atoms with Crippen LogP contribution in [-0.2, 0) is 30.7 Å². The van der Waals surface area contributed by atoms with E-state index in [1.165, 1.54) is 39.6 Å². The van der Waals surface area contributed by atoms with E-state index in [-0.39, 0.29) is 42.0 Å². The molecule has 4 amide bonds. The summed E-state index contributed by atoms with van der Waals surface area (Å²) in [7, 11) is 4.92. The Kier molecular flexibility index (Phi) is 12.7. The average Bonchev–Trinajstić information content (AvgIpc) is 3.75. The summed E-state index contributed by atoms with van der Waals surface area (Å²) in [4.78, 5) is 68.6. The predicted octanol–water partition coefficient (Wildman–Crippen LogP) is 2.76. The van der Waals surface area contributed by atoms with Gasteiger partial charge in [0.15, 0.2) is 5.96 Å². The normalized spacial score (nSPS) is 10.9. The van der Waals surface area contributed by atoms with Crippen LogP contribution in [0.3, 0.4) is 0 Å². The van der Waals surface area contributed by atoms with E-state index < -0.39 is 23.5 Å². The SMILES string of the molecule is Cn1cc(NC(=O)c2cc(NC(=O)c3cc(NC(=O)C(=O)/C=C/c4ccc(SCCCl)cc4)cn3C)cn2C)cc1C(=O)NCCN=C(N)N. The van der Waals surface area contributed by atoms with Crippen molar-refractivity contribution in [2.45, 2.75) is 4.90 Å². The minimum absolute atomic E-state index is 0.0725. The second-order valence-corrected chi connectivity index (χ2v) is 12.4. The second kappa shape index (κ2) is 17.1. The maximum Gasteiger partial charge on any atom is 0.296 e. The van der Waals surface area contributed by atoms with Crippen LogP contribution in [0.1, 0.15) is 37.0 Å². The molecule has 15 nitrogen and oxygen atoms in total. The van der Waals surface area contributed by atoms with Crippen LogP contribution in [0.5, 0.6) is 0 Å². The van der Waals surface area contributed by atoms with Crippen molar-refractivity contribution >= 4 is 81.9 Å². The quantitative estimate of drug-likeness (QED) is 0.0204. The van der Waals surface area contributed by atoms with Crippen LogP contribution < -0.4 is 32.7 Å². The first kappa shape index (κ1) is 37.1. The number of nitrogens with two attached hydrogens (primary N) is 2. The summed E-state index contributed by atoms with van der Waals surface area (Å²) in [5, 5.41) is 10.7. The first-order valence-corrected chi connectivity index (χ1v) is 16.6. The summed E-state index contributed by atoms with van der Waals surface area (Å²) in [6.07, 6.45) is 7.39. The number of alkyl halides is 1. The Labute approximate surface area is 297 Å². The number of carbonyl (C=O) groups is 5. The van der Waals surface area contributed by atoms with Crippen LogP contribution in [0, 0.1) is 0 Å². The van der Waals surface area contributed by atoms with Crippen molar-refractivity contribution in [3.05, 3.63) is 89.8 Å². The summed E-state index contributed by atoms with van der Waals surface area (Å²) in [5.74, 6) is -1.71. The predicted molar refractivity (Wildman–Crippen MR) is 196 cm³/mol. The van der Waals surface area contributed by atoms with E-state index in [9.17, 15) is 24.0 Å². The maximum absolute atomic E-state index is 13.1. The number of nitrogens with zero attached hydrogens (tertiary/aromatic N) is 4. The van der Waals surface area contributed by atoms with E-state index in [2.05, 4.69) is 26.3 Å². The highest BCUT2D eigenvalue weighted by atomic mass is 35.5. The van der Waals surface area contributed by atoms with E-state index in [1.54, 1.807) is 55.9 Å². The van der Waals surface area contributed by atoms with Crippen molar-refractivity contribution in [1.29, 1.82) is 0 Å². The Bertz CT molecular complexity index is 1950. The van der Waals surface area contributed by atoms with Gasteiger partial charge in [-0.25, -0.2) is 0 Å². The highest BCUT2D eigenvalue weighted by molar-refractivity contribution is 7.99. The molecule has 4 aromatic rings. The van der Waals surface area contributed by atoms with Gasteiger partial charge in [0, 0.05) is 62.8 Å². The van der Waals surface area contributed by atoms with E-state index in [0.29, 0.717) is 22.9 Å². The number of guanidine groups is 1. The summed E-state index contributed by atoms with van der Waals surface area (Å²) < 4.78 is 4.60. The third-order valence-electron chi connectivity index (χ3n) is 7.06. The van der Waals surface area contributed by atoms with Crippen molar-refractivity contribution in [2.75, 3.05) is 40.7 Å². The highest BCUT2D eigenvalue weighted by Gasteiger charge is 2.19. The number of aromatic nitrogens is 3. The van der Waals surface area contributed by atoms with Crippen LogP contribution >= 0.6 is 23.4 Å². The van der Waals surface area contributed by atoms with Crippen molar-refractivity contribution in [3.8, 4) is 0 Å². The molecule has 50 heavy (non-hydrogen) atoms. The molecule has 3 aromatic heterocycles. The molecule has 0 fully saturated rings. The van der Waals surface area contributed by atoms with Gasteiger partial charge < -0.3 is 46.4 Å². The minimum Gasteiger partial charge on any atom is -0.370 e. The number of anilines is 3. The molecule has 17 heteroatoms. The number of aryl methyl sites for hydroxylation is 3. The number of rotatable bonds is 15. The fourth-order valence-corrected chi connectivity index (χ4v) is 5.56. The van der Waals surface area contributed by atoms with Gasteiger partial charge in [-0.1, -0.05) is 18.2 Å². The lowest BCUT2D eigenvalue weighted by atomic mass is 10.2. The Morgan fingerprint density at radius 3 is 1.78 bits per heavy atom. The van der Waals surface area contributed by atoms with Gasteiger partial charge in [0.05, 0.1) is 23.6 Å². The zero-order valence-corrected chi connectivity index (χ0v) is 29.1. The van der Waals surface area contributed by atoms with Gasteiger partial charge in [0.25, 0.3) is 23.6 Å². The van der Waals surface area contributed by atoms with Gasteiger partial charge >= 0.3 is 0 Å². The molecule has 8 N–H and O–H groups in total. The molecule has 0 bridgehead atoms. The number of benzene rings is 1. The minimum atomic E-state index is -0.860. The lowest BCUT2D eigenvalue weighted by Crippen LogP contribution is -2.29. The van der Waals surface area contributed by atoms with E-state index >= 15 is 0 Å². The van der Waals surface area contributed by atoms with Gasteiger partial charge in [0.2, 0.25) is 5.78 Å². The largest absolute Gasteiger partial charge is 0.370 e. The number of amides is 4. The Morgan fingerprint density at radius 2 is 1.28 bits per heavy atom. The number of nitrogens with one attached hydrogen (secondary N) is 4. The van der Waals surface area contributed by atoms with E-state index in [4.69, 9.17) is 23.1 Å². The molecule has 0 aliphatic heterocycles. The van der Waals surface area contributed by atoms with Crippen molar-refractivity contribution in [3.63, 3.8) is 0 Å². The van der Waals surface area contributed by atoms with Crippen molar-refractivity contribution < 1.29 is 24.0 Å². The number of halogens is 1. The smallest absolute Gasteiger partial charge is 0.296 e. The lowest BCUT2D eigenvalue weighted by molar-refractivity contribution is -0.131. The summed E-state index contributed by atoms with van der Waals surface area (Å²) in [6.45, 7) is 0.450. The number of thioether (sulfide) groups is 1. The molecular formula is C33H37ClN10O5S. The van der Waals surface area contributed by atoms with Crippen molar-refractivity contribution in [1.82, 2.24) is 19.0 Å². The average molecular weight is 721 g/mol. The van der Waals surface area contributed by atoms with Gasteiger partial charge in [-0.2, -0.15) is 0 Å². The summed E-state index contributed by atoms with van der Waals surface area (Å²) in [5.41, 5.74) is 13.1.